The molecule has 0 aliphatic carbocycles. The van der Waals surface area contributed by atoms with Crippen LogP contribution in [0.25, 0.3) is 11.4 Å². The van der Waals surface area contributed by atoms with Crippen molar-refractivity contribution in [1.82, 2.24) is 14.5 Å². The smallest absolute Gasteiger partial charge is 0.140 e. The van der Waals surface area contributed by atoms with Crippen LogP contribution in [0.15, 0.2) is 36.9 Å². The fourth-order valence-electron chi connectivity index (χ4n) is 1.71. The Hall–Kier alpha value is -1.64. The molecule has 2 rings (SSSR count). The maximum absolute atomic E-state index is 4.41. The lowest BCUT2D eigenvalue weighted by Gasteiger charge is -2.20. The molecule has 0 radical (unpaired) electrons. The molecule has 84 valence electrons. The average Bonchev–Trinajstić information content (AvgIpc) is 2.64. The van der Waals surface area contributed by atoms with Gasteiger partial charge in [0.1, 0.15) is 5.82 Å². The summed E-state index contributed by atoms with van der Waals surface area (Å²) in [5.74, 6) is 1.01. The number of hydrogen-bond acceptors (Lipinski definition) is 2. The lowest BCUT2D eigenvalue weighted by atomic mass is 9.97. The van der Waals surface area contributed by atoms with Crippen LogP contribution >= 0.6 is 0 Å². The number of pyridine rings is 1. The Morgan fingerprint density at radius 1 is 1.12 bits per heavy atom. The van der Waals surface area contributed by atoms with E-state index in [0.717, 1.165) is 17.9 Å². The summed E-state index contributed by atoms with van der Waals surface area (Å²) in [6.07, 6.45) is 7.47. The van der Waals surface area contributed by atoms with Gasteiger partial charge in [-0.1, -0.05) is 20.8 Å². The number of hydrogen-bond donors (Lipinski definition) is 0. The normalized spacial score (nSPS) is 11.7. The second-order valence-electron chi connectivity index (χ2n) is 5.18. The van der Waals surface area contributed by atoms with Crippen molar-refractivity contribution in [3.63, 3.8) is 0 Å². The summed E-state index contributed by atoms with van der Waals surface area (Å²) < 4.78 is 2.19. The van der Waals surface area contributed by atoms with Gasteiger partial charge in [0.05, 0.1) is 0 Å². The molecule has 0 atom stereocenters. The summed E-state index contributed by atoms with van der Waals surface area (Å²) in [7, 11) is 0. The Bertz CT molecular complexity index is 452. The Morgan fingerprint density at radius 3 is 2.44 bits per heavy atom. The number of aromatic nitrogens is 3. The van der Waals surface area contributed by atoms with E-state index in [1.165, 1.54) is 0 Å². The molecule has 3 heteroatoms. The average molecular weight is 215 g/mol. The standard InChI is InChI=1S/C13H17N3/c1-13(2,3)10-16-9-8-15-12(16)11-4-6-14-7-5-11/h4-9H,10H2,1-3H3. The Kier molecular flexibility index (Phi) is 2.77. The minimum atomic E-state index is 0.252. The predicted octanol–water partition coefficient (Wildman–Crippen LogP) is 2.99. The van der Waals surface area contributed by atoms with Gasteiger partial charge in [-0.25, -0.2) is 4.98 Å². The van der Waals surface area contributed by atoms with Crippen LogP contribution in [-0.4, -0.2) is 14.5 Å². The van der Waals surface area contributed by atoms with Crippen LogP contribution < -0.4 is 0 Å². The molecular weight excluding hydrogens is 198 g/mol. The Morgan fingerprint density at radius 2 is 1.81 bits per heavy atom. The van der Waals surface area contributed by atoms with E-state index < -0.39 is 0 Å². The Labute approximate surface area is 96.2 Å². The number of imidazole rings is 1. The molecule has 0 aromatic carbocycles. The van der Waals surface area contributed by atoms with Crippen LogP contribution in [0.3, 0.4) is 0 Å². The van der Waals surface area contributed by atoms with Crippen LogP contribution in [0.2, 0.25) is 0 Å². The summed E-state index contributed by atoms with van der Waals surface area (Å²) in [6, 6.07) is 3.98. The highest BCUT2D eigenvalue weighted by Gasteiger charge is 2.14. The van der Waals surface area contributed by atoms with Crippen LogP contribution in [-0.2, 0) is 6.54 Å². The molecule has 0 bridgehead atoms. The van der Waals surface area contributed by atoms with Crippen LogP contribution in [0.1, 0.15) is 20.8 Å². The van der Waals surface area contributed by atoms with Gasteiger partial charge in [-0.3, -0.25) is 4.98 Å². The van der Waals surface area contributed by atoms with Gasteiger partial charge in [0.2, 0.25) is 0 Å². The first-order valence-electron chi connectivity index (χ1n) is 5.48. The monoisotopic (exact) mass is 215 g/mol. The van der Waals surface area contributed by atoms with Crippen molar-refractivity contribution in [1.29, 1.82) is 0 Å². The molecule has 0 fully saturated rings. The molecule has 0 aliphatic heterocycles. The largest absolute Gasteiger partial charge is 0.330 e. The SMILES string of the molecule is CC(C)(C)Cn1ccnc1-c1ccncc1. The highest BCUT2D eigenvalue weighted by molar-refractivity contribution is 5.54. The van der Waals surface area contributed by atoms with E-state index in [-0.39, 0.29) is 5.41 Å². The van der Waals surface area contributed by atoms with E-state index in [2.05, 4.69) is 35.3 Å². The van der Waals surface area contributed by atoms with E-state index in [9.17, 15) is 0 Å². The van der Waals surface area contributed by atoms with E-state index in [4.69, 9.17) is 0 Å². The Balaban J connectivity index is 2.33. The molecule has 0 amide bonds. The lowest BCUT2D eigenvalue weighted by Crippen LogP contribution is -2.15. The third-order valence-corrected chi connectivity index (χ3v) is 2.30. The zero-order valence-electron chi connectivity index (χ0n) is 10.0. The number of nitrogens with zero attached hydrogens (tertiary/aromatic N) is 3. The first-order valence-corrected chi connectivity index (χ1v) is 5.48. The van der Waals surface area contributed by atoms with Gasteiger partial charge in [0, 0.05) is 36.9 Å². The van der Waals surface area contributed by atoms with Crippen molar-refractivity contribution in [3.05, 3.63) is 36.9 Å². The fourth-order valence-corrected chi connectivity index (χ4v) is 1.71. The van der Waals surface area contributed by atoms with Gasteiger partial charge < -0.3 is 4.57 Å². The molecule has 2 heterocycles. The molecule has 2 aromatic rings. The highest BCUT2D eigenvalue weighted by atomic mass is 15.1. The van der Waals surface area contributed by atoms with Gasteiger partial charge in [-0.2, -0.15) is 0 Å². The van der Waals surface area contributed by atoms with Gasteiger partial charge in [0.25, 0.3) is 0 Å². The zero-order chi connectivity index (χ0) is 11.6. The third kappa shape index (κ3) is 2.48. The predicted molar refractivity (Wildman–Crippen MR) is 64.9 cm³/mol. The van der Waals surface area contributed by atoms with Crippen LogP contribution in [0.5, 0.6) is 0 Å². The van der Waals surface area contributed by atoms with Gasteiger partial charge in [0.15, 0.2) is 0 Å². The van der Waals surface area contributed by atoms with Crippen LogP contribution in [0, 0.1) is 5.41 Å². The molecule has 0 unspecified atom stereocenters. The quantitative estimate of drug-likeness (QED) is 0.771. The van der Waals surface area contributed by atoms with Crippen molar-refractivity contribution in [3.8, 4) is 11.4 Å². The highest BCUT2D eigenvalue weighted by Crippen LogP contribution is 2.22. The van der Waals surface area contributed by atoms with Gasteiger partial charge >= 0.3 is 0 Å². The fraction of sp³-hybridized carbons (Fsp3) is 0.385. The molecule has 0 saturated carbocycles. The van der Waals surface area contributed by atoms with E-state index >= 15 is 0 Å². The summed E-state index contributed by atoms with van der Waals surface area (Å²) in [5.41, 5.74) is 1.37. The maximum Gasteiger partial charge on any atom is 0.140 e. The lowest BCUT2D eigenvalue weighted by molar-refractivity contribution is 0.345. The van der Waals surface area contributed by atoms with Gasteiger partial charge in [-0.15, -0.1) is 0 Å². The second kappa shape index (κ2) is 4.08. The third-order valence-electron chi connectivity index (χ3n) is 2.30. The minimum Gasteiger partial charge on any atom is -0.330 e. The summed E-state index contributed by atoms with van der Waals surface area (Å²) >= 11 is 0. The van der Waals surface area contributed by atoms with Crippen molar-refractivity contribution in [2.24, 2.45) is 5.41 Å². The van der Waals surface area contributed by atoms with Crippen molar-refractivity contribution in [2.75, 3.05) is 0 Å². The first kappa shape index (κ1) is 10.9. The summed E-state index contributed by atoms with van der Waals surface area (Å²) in [6.45, 7) is 7.64. The molecular formula is C13H17N3. The van der Waals surface area contributed by atoms with Crippen molar-refractivity contribution in [2.45, 2.75) is 27.3 Å². The maximum atomic E-state index is 4.41. The molecule has 0 N–H and O–H groups in total. The molecule has 0 saturated heterocycles. The van der Waals surface area contributed by atoms with Gasteiger partial charge in [-0.05, 0) is 17.5 Å². The molecule has 3 nitrogen and oxygen atoms in total. The second-order valence-corrected chi connectivity index (χ2v) is 5.18. The zero-order valence-corrected chi connectivity index (χ0v) is 10.0. The van der Waals surface area contributed by atoms with E-state index in [0.29, 0.717) is 0 Å². The van der Waals surface area contributed by atoms with Crippen molar-refractivity contribution < 1.29 is 0 Å². The molecule has 16 heavy (non-hydrogen) atoms. The molecule has 0 aliphatic rings. The summed E-state index contributed by atoms with van der Waals surface area (Å²) in [5, 5.41) is 0. The first-order chi connectivity index (χ1) is 7.56. The molecule has 2 aromatic heterocycles. The summed E-state index contributed by atoms with van der Waals surface area (Å²) in [4.78, 5) is 8.43. The van der Waals surface area contributed by atoms with Crippen LogP contribution in [0.4, 0.5) is 0 Å². The van der Waals surface area contributed by atoms with E-state index in [1.807, 2.05) is 24.5 Å². The minimum absolute atomic E-state index is 0.252. The number of rotatable bonds is 2. The topological polar surface area (TPSA) is 30.7 Å². The van der Waals surface area contributed by atoms with Crippen molar-refractivity contribution >= 4 is 0 Å². The van der Waals surface area contributed by atoms with E-state index in [1.54, 1.807) is 12.4 Å². The molecule has 0 spiro atoms.